The predicted molar refractivity (Wildman–Crippen MR) is 75.1 cm³/mol. The Kier molecular flexibility index (Phi) is 5.60. The van der Waals surface area contributed by atoms with Crippen LogP contribution in [-0.4, -0.2) is 62.8 Å². The fraction of sp³-hybridized carbons (Fsp3) is 0.929. The average molecular weight is 269 g/mol. The van der Waals surface area contributed by atoms with Crippen LogP contribution in [0.5, 0.6) is 0 Å². The number of amides is 1. The Labute approximate surface area is 116 Å². The number of hydrogen-bond acceptors (Lipinski definition) is 4. The van der Waals surface area contributed by atoms with Gasteiger partial charge in [-0.3, -0.25) is 4.79 Å². The Balaban J connectivity index is 1.59. The lowest BCUT2D eigenvalue weighted by Gasteiger charge is -2.30. The van der Waals surface area contributed by atoms with Crippen LogP contribution >= 0.6 is 0 Å². The highest BCUT2D eigenvalue weighted by Gasteiger charge is 2.29. The molecule has 5 nitrogen and oxygen atoms in total. The van der Waals surface area contributed by atoms with Crippen LogP contribution < -0.4 is 10.6 Å². The molecule has 0 aromatic rings. The Morgan fingerprint density at radius 3 is 2.79 bits per heavy atom. The molecule has 2 saturated heterocycles. The maximum Gasteiger partial charge on any atom is 0.237 e. The third-order valence-electron chi connectivity index (χ3n) is 4.34. The zero-order valence-corrected chi connectivity index (χ0v) is 12.2. The molecular weight excluding hydrogens is 242 g/mol. The number of rotatable bonds is 5. The van der Waals surface area contributed by atoms with Crippen molar-refractivity contribution in [3.05, 3.63) is 0 Å². The monoisotopic (exact) mass is 269 g/mol. The fourth-order valence-electron chi connectivity index (χ4n) is 2.83. The van der Waals surface area contributed by atoms with Crippen molar-refractivity contribution in [1.82, 2.24) is 15.5 Å². The summed E-state index contributed by atoms with van der Waals surface area (Å²) in [4.78, 5) is 14.4. The highest BCUT2D eigenvalue weighted by molar-refractivity contribution is 5.82. The molecule has 0 aliphatic carbocycles. The molecule has 2 aliphatic heterocycles. The highest BCUT2D eigenvalue weighted by Crippen LogP contribution is 2.15. The van der Waals surface area contributed by atoms with E-state index in [0.29, 0.717) is 0 Å². The van der Waals surface area contributed by atoms with Crippen LogP contribution in [0.15, 0.2) is 0 Å². The van der Waals surface area contributed by atoms with Gasteiger partial charge in [-0.25, -0.2) is 0 Å². The van der Waals surface area contributed by atoms with Gasteiger partial charge < -0.3 is 20.3 Å². The van der Waals surface area contributed by atoms with Gasteiger partial charge >= 0.3 is 0 Å². The second-order valence-corrected chi connectivity index (χ2v) is 5.87. The number of ether oxygens (including phenoxy) is 1. The minimum absolute atomic E-state index is 0.0775. The zero-order chi connectivity index (χ0) is 13.7. The lowest BCUT2D eigenvalue weighted by molar-refractivity contribution is -0.123. The first-order valence-electron chi connectivity index (χ1n) is 7.45. The number of piperidine rings is 1. The summed E-state index contributed by atoms with van der Waals surface area (Å²) in [5.74, 6) is 0.976. The van der Waals surface area contributed by atoms with E-state index in [-0.39, 0.29) is 18.1 Å². The average Bonchev–Trinajstić information content (AvgIpc) is 2.90. The van der Waals surface area contributed by atoms with Crippen molar-refractivity contribution < 1.29 is 9.53 Å². The zero-order valence-electron chi connectivity index (χ0n) is 12.2. The van der Waals surface area contributed by atoms with E-state index in [4.69, 9.17) is 4.74 Å². The van der Waals surface area contributed by atoms with E-state index in [2.05, 4.69) is 22.5 Å². The van der Waals surface area contributed by atoms with Crippen LogP contribution in [-0.2, 0) is 9.53 Å². The SMILES string of the molecule is COC1CNC(C(=O)NCCN2CCC(C)CC2)C1. The van der Waals surface area contributed by atoms with Gasteiger partial charge in [0.2, 0.25) is 5.91 Å². The van der Waals surface area contributed by atoms with Gasteiger partial charge in [0.05, 0.1) is 12.1 Å². The fourth-order valence-corrected chi connectivity index (χ4v) is 2.83. The summed E-state index contributed by atoms with van der Waals surface area (Å²) in [6, 6.07) is -0.0775. The van der Waals surface area contributed by atoms with Gasteiger partial charge in [-0.1, -0.05) is 6.92 Å². The third-order valence-corrected chi connectivity index (χ3v) is 4.34. The van der Waals surface area contributed by atoms with Crippen LogP contribution in [0.3, 0.4) is 0 Å². The van der Waals surface area contributed by atoms with E-state index in [9.17, 15) is 4.79 Å². The molecule has 2 fully saturated rings. The van der Waals surface area contributed by atoms with Gasteiger partial charge in [-0.2, -0.15) is 0 Å². The minimum atomic E-state index is -0.0775. The van der Waals surface area contributed by atoms with Crippen LogP contribution in [0.2, 0.25) is 0 Å². The van der Waals surface area contributed by atoms with Gasteiger partial charge in [0.1, 0.15) is 0 Å². The molecule has 5 heteroatoms. The summed E-state index contributed by atoms with van der Waals surface area (Å²) in [5, 5.41) is 6.23. The second kappa shape index (κ2) is 7.22. The number of carbonyl (C=O) groups excluding carboxylic acids is 1. The highest BCUT2D eigenvalue weighted by atomic mass is 16.5. The Hall–Kier alpha value is -0.650. The Bertz CT molecular complexity index is 290. The first-order chi connectivity index (χ1) is 9.19. The van der Waals surface area contributed by atoms with E-state index < -0.39 is 0 Å². The van der Waals surface area contributed by atoms with Crippen molar-refractivity contribution in [2.75, 3.05) is 39.8 Å². The Morgan fingerprint density at radius 2 is 2.16 bits per heavy atom. The van der Waals surface area contributed by atoms with Gasteiger partial charge in [0, 0.05) is 26.7 Å². The molecule has 0 radical (unpaired) electrons. The molecule has 2 heterocycles. The summed E-state index contributed by atoms with van der Waals surface area (Å²) < 4.78 is 5.25. The number of methoxy groups -OCH3 is 1. The largest absolute Gasteiger partial charge is 0.380 e. The van der Waals surface area contributed by atoms with Gasteiger partial charge in [-0.05, 0) is 38.3 Å². The predicted octanol–water partition coefficient (Wildman–Crippen LogP) is 0.211. The minimum Gasteiger partial charge on any atom is -0.380 e. The van der Waals surface area contributed by atoms with E-state index in [0.717, 1.165) is 32.0 Å². The molecule has 1 amide bonds. The quantitative estimate of drug-likeness (QED) is 0.749. The van der Waals surface area contributed by atoms with Crippen LogP contribution in [0.1, 0.15) is 26.2 Å². The molecule has 0 bridgehead atoms. The molecule has 0 spiro atoms. The van der Waals surface area contributed by atoms with Crippen molar-refractivity contribution >= 4 is 5.91 Å². The molecule has 0 saturated carbocycles. The lowest BCUT2D eigenvalue weighted by Crippen LogP contribution is -2.44. The number of hydrogen-bond donors (Lipinski definition) is 2. The molecule has 2 aliphatic rings. The number of carbonyl (C=O) groups is 1. The number of nitrogens with one attached hydrogen (secondary N) is 2. The van der Waals surface area contributed by atoms with Gasteiger partial charge in [-0.15, -0.1) is 0 Å². The third kappa shape index (κ3) is 4.44. The molecule has 19 heavy (non-hydrogen) atoms. The maximum absolute atomic E-state index is 12.0. The molecule has 2 N–H and O–H groups in total. The summed E-state index contributed by atoms with van der Waals surface area (Å²) >= 11 is 0. The van der Waals surface area contributed by atoms with Crippen molar-refractivity contribution in [3.8, 4) is 0 Å². The van der Waals surface area contributed by atoms with Crippen molar-refractivity contribution in [2.45, 2.75) is 38.3 Å². The van der Waals surface area contributed by atoms with Gasteiger partial charge in [0.25, 0.3) is 0 Å². The first-order valence-corrected chi connectivity index (χ1v) is 7.45. The molecule has 2 atom stereocenters. The summed E-state index contributed by atoms with van der Waals surface area (Å²) in [5.41, 5.74) is 0. The van der Waals surface area contributed by atoms with Crippen molar-refractivity contribution in [2.24, 2.45) is 5.92 Å². The normalized spacial score (nSPS) is 29.6. The molecule has 110 valence electrons. The van der Waals surface area contributed by atoms with Crippen LogP contribution in [0.4, 0.5) is 0 Å². The number of likely N-dealkylation sites (tertiary alicyclic amines) is 1. The molecule has 2 unspecified atom stereocenters. The summed E-state index contributed by atoms with van der Waals surface area (Å²) in [6.07, 6.45) is 3.53. The summed E-state index contributed by atoms with van der Waals surface area (Å²) in [6.45, 7) is 7.16. The topological polar surface area (TPSA) is 53.6 Å². The summed E-state index contributed by atoms with van der Waals surface area (Å²) in [7, 11) is 1.70. The van der Waals surface area contributed by atoms with E-state index in [1.165, 1.54) is 25.9 Å². The van der Waals surface area contributed by atoms with Crippen molar-refractivity contribution in [3.63, 3.8) is 0 Å². The van der Waals surface area contributed by atoms with Crippen LogP contribution in [0.25, 0.3) is 0 Å². The molecule has 0 aromatic carbocycles. The Morgan fingerprint density at radius 1 is 1.42 bits per heavy atom. The van der Waals surface area contributed by atoms with E-state index in [1.807, 2.05) is 0 Å². The first kappa shape index (κ1) is 14.8. The van der Waals surface area contributed by atoms with Gasteiger partial charge in [0.15, 0.2) is 0 Å². The lowest BCUT2D eigenvalue weighted by atomic mass is 9.99. The second-order valence-electron chi connectivity index (χ2n) is 5.87. The standard InChI is InChI=1S/C14H27N3O2/c1-11-3-6-17(7-4-11)8-5-15-14(18)13-9-12(19-2)10-16-13/h11-13,16H,3-10H2,1-2H3,(H,15,18). The molecule has 2 rings (SSSR count). The number of nitrogens with zero attached hydrogens (tertiary/aromatic N) is 1. The molecule has 0 aromatic heterocycles. The smallest absolute Gasteiger partial charge is 0.237 e. The van der Waals surface area contributed by atoms with E-state index >= 15 is 0 Å². The van der Waals surface area contributed by atoms with Crippen molar-refractivity contribution in [1.29, 1.82) is 0 Å². The van der Waals surface area contributed by atoms with E-state index in [1.54, 1.807) is 7.11 Å². The van der Waals surface area contributed by atoms with Crippen LogP contribution in [0, 0.1) is 5.92 Å². The molecular formula is C14H27N3O2. The maximum atomic E-state index is 12.0.